The molecule has 3 aromatic rings. The van der Waals surface area contributed by atoms with Gasteiger partial charge in [-0.25, -0.2) is 4.68 Å². The summed E-state index contributed by atoms with van der Waals surface area (Å²) >= 11 is 6.02. The van der Waals surface area contributed by atoms with Gasteiger partial charge in [-0.1, -0.05) is 23.7 Å². The highest BCUT2D eigenvalue weighted by molar-refractivity contribution is 6.33. The molecule has 7 nitrogen and oxygen atoms in total. The highest BCUT2D eigenvalue weighted by Gasteiger charge is 2.07. The van der Waals surface area contributed by atoms with Gasteiger partial charge in [-0.2, -0.15) is 0 Å². The molecule has 3 rings (SSSR count). The number of hydrogen-bond acceptors (Lipinski definition) is 5. The van der Waals surface area contributed by atoms with Gasteiger partial charge < -0.3 is 10.6 Å². The number of para-hydroxylation sites is 1. The fraction of sp³-hybridized carbons (Fsp3) is 0.125. The molecule has 0 aliphatic carbocycles. The Bertz CT molecular complexity index is 850. The molecule has 0 saturated carbocycles. The normalized spacial score (nSPS) is 10.4. The van der Waals surface area contributed by atoms with Crippen LogP contribution in [0.2, 0.25) is 5.02 Å². The molecule has 0 unspecified atom stereocenters. The molecule has 2 N–H and O–H groups in total. The summed E-state index contributed by atoms with van der Waals surface area (Å²) in [5.74, 6) is -0.176. The molecule has 0 fully saturated rings. The van der Waals surface area contributed by atoms with E-state index in [1.54, 1.807) is 16.8 Å². The van der Waals surface area contributed by atoms with Crippen LogP contribution in [0.5, 0.6) is 0 Å². The molecule has 0 aliphatic heterocycles. The standard InChI is InChI=1S/C16H15ClN6O/c1-11-8-12(6-7-15(11)23-10-19-21-22-23)18-9-16(24)20-14-5-3-2-4-13(14)17/h2-8,10,18H,9H2,1H3,(H,20,24). The van der Waals surface area contributed by atoms with Crippen LogP contribution in [-0.4, -0.2) is 32.7 Å². The lowest BCUT2D eigenvalue weighted by molar-refractivity contribution is -0.114. The Balaban J connectivity index is 1.61. The first-order chi connectivity index (χ1) is 11.6. The number of amides is 1. The summed E-state index contributed by atoms with van der Waals surface area (Å²) in [4.78, 5) is 12.0. The van der Waals surface area contributed by atoms with Gasteiger partial charge in [0.1, 0.15) is 6.33 Å². The second-order valence-electron chi connectivity index (χ2n) is 5.14. The number of carbonyl (C=O) groups is 1. The molecule has 24 heavy (non-hydrogen) atoms. The topological polar surface area (TPSA) is 84.7 Å². The quantitative estimate of drug-likeness (QED) is 0.744. The van der Waals surface area contributed by atoms with Gasteiger partial charge in [0.05, 0.1) is 22.9 Å². The first-order valence-corrected chi connectivity index (χ1v) is 7.63. The molecule has 8 heteroatoms. The van der Waals surface area contributed by atoms with Crippen LogP contribution in [0.15, 0.2) is 48.8 Å². The minimum Gasteiger partial charge on any atom is -0.376 e. The zero-order chi connectivity index (χ0) is 16.9. The molecular formula is C16H15ClN6O. The molecule has 0 saturated heterocycles. The van der Waals surface area contributed by atoms with E-state index >= 15 is 0 Å². The number of anilines is 2. The molecular weight excluding hydrogens is 328 g/mol. The molecule has 1 amide bonds. The lowest BCUT2D eigenvalue weighted by Crippen LogP contribution is -2.22. The summed E-state index contributed by atoms with van der Waals surface area (Å²) in [5, 5.41) is 17.5. The lowest BCUT2D eigenvalue weighted by Gasteiger charge is -2.11. The summed E-state index contributed by atoms with van der Waals surface area (Å²) in [5.41, 5.74) is 3.29. The molecule has 0 atom stereocenters. The van der Waals surface area contributed by atoms with Gasteiger partial charge >= 0.3 is 0 Å². The Morgan fingerprint density at radius 1 is 1.25 bits per heavy atom. The minimum absolute atomic E-state index is 0.134. The summed E-state index contributed by atoms with van der Waals surface area (Å²) in [6.07, 6.45) is 1.53. The molecule has 0 aliphatic rings. The molecule has 1 heterocycles. The Morgan fingerprint density at radius 2 is 2.08 bits per heavy atom. The third kappa shape index (κ3) is 3.69. The number of halogens is 1. The number of nitrogens with zero attached hydrogens (tertiary/aromatic N) is 4. The van der Waals surface area contributed by atoms with Crippen molar-refractivity contribution in [3.05, 3.63) is 59.4 Å². The van der Waals surface area contributed by atoms with Crippen LogP contribution in [0.25, 0.3) is 5.69 Å². The predicted molar refractivity (Wildman–Crippen MR) is 92.5 cm³/mol. The maximum Gasteiger partial charge on any atom is 0.243 e. The number of hydrogen-bond donors (Lipinski definition) is 2. The van der Waals surface area contributed by atoms with Gasteiger partial charge in [-0.3, -0.25) is 4.79 Å². The van der Waals surface area contributed by atoms with Crippen molar-refractivity contribution in [1.29, 1.82) is 0 Å². The number of aromatic nitrogens is 4. The lowest BCUT2D eigenvalue weighted by atomic mass is 10.2. The fourth-order valence-corrected chi connectivity index (χ4v) is 2.42. The first kappa shape index (κ1) is 15.9. The highest BCUT2D eigenvalue weighted by Crippen LogP contribution is 2.20. The fourth-order valence-electron chi connectivity index (χ4n) is 2.23. The maximum absolute atomic E-state index is 12.0. The van der Waals surface area contributed by atoms with E-state index < -0.39 is 0 Å². The van der Waals surface area contributed by atoms with E-state index in [2.05, 4.69) is 26.2 Å². The van der Waals surface area contributed by atoms with E-state index in [0.717, 1.165) is 16.9 Å². The molecule has 1 aromatic heterocycles. The van der Waals surface area contributed by atoms with Crippen molar-refractivity contribution in [2.45, 2.75) is 6.92 Å². The first-order valence-electron chi connectivity index (χ1n) is 7.26. The summed E-state index contributed by atoms with van der Waals surface area (Å²) in [6, 6.07) is 12.8. The molecule has 0 spiro atoms. The second-order valence-corrected chi connectivity index (χ2v) is 5.54. The largest absolute Gasteiger partial charge is 0.376 e. The van der Waals surface area contributed by atoms with Crippen molar-refractivity contribution in [1.82, 2.24) is 20.2 Å². The van der Waals surface area contributed by atoms with Crippen molar-refractivity contribution in [2.75, 3.05) is 17.2 Å². The van der Waals surface area contributed by atoms with E-state index in [1.807, 2.05) is 37.3 Å². The molecule has 0 bridgehead atoms. The second kappa shape index (κ2) is 7.10. The Labute approximate surface area is 143 Å². The van der Waals surface area contributed by atoms with Crippen LogP contribution < -0.4 is 10.6 Å². The summed E-state index contributed by atoms with van der Waals surface area (Å²) in [7, 11) is 0. The summed E-state index contributed by atoms with van der Waals surface area (Å²) in [6.45, 7) is 2.08. The third-order valence-electron chi connectivity index (χ3n) is 3.39. The van der Waals surface area contributed by atoms with E-state index in [0.29, 0.717) is 10.7 Å². The van der Waals surface area contributed by atoms with Crippen molar-refractivity contribution < 1.29 is 4.79 Å². The highest BCUT2D eigenvalue weighted by atomic mass is 35.5. The van der Waals surface area contributed by atoms with Crippen molar-refractivity contribution >= 4 is 28.9 Å². The van der Waals surface area contributed by atoms with Gasteiger partial charge in [0, 0.05) is 5.69 Å². The van der Waals surface area contributed by atoms with Gasteiger partial charge in [0.15, 0.2) is 0 Å². The van der Waals surface area contributed by atoms with Crippen LogP contribution in [0, 0.1) is 6.92 Å². The number of carbonyl (C=O) groups excluding carboxylic acids is 1. The van der Waals surface area contributed by atoms with Crippen molar-refractivity contribution in [3.63, 3.8) is 0 Å². The Morgan fingerprint density at radius 3 is 2.79 bits per heavy atom. The monoisotopic (exact) mass is 342 g/mol. The molecule has 2 aromatic carbocycles. The predicted octanol–water partition coefficient (Wildman–Crippen LogP) is 2.67. The minimum atomic E-state index is -0.176. The molecule has 0 radical (unpaired) electrons. The van der Waals surface area contributed by atoms with Crippen LogP contribution in [0.4, 0.5) is 11.4 Å². The zero-order valence-electron chi connectivity index (χ0n) is 12.9. The van der Waals surface area contributed by atoms with E-state index in [-0.39, 0.29) is 12.5 Å². The van der Waals surface area contributed by atoms with E-state index in [4.69, 9.17) is 11.6 Å². The average Bonchev–Trinajstić information content (AvgIpc) is 3.09. The SMILES string of the molecule is Cc1cc(NCC(=O)Nc2ccccc2Cl)ccc1-n1cnnn1. The van der Waals surface area contributed by atoms with Crippen LogP contribution >= 0.6 is 11.6 Å². The maximum atomic E-state index is 12.0. The number of nitrogens with one attached hydrogen (secondary N) is 2. The summed E-state index contributed by atoms with van der Waals surface area (Å²) < 4.78 is 1.59. The van der Waals surface area contributed by atoms with Crippen LogP contribution in [0.1, 0.15) is 5.56 Å². The molecule has 122 valence electrons. The average molecular weight is 343 g/mol. The van der Waals surface area contributed by atoms with E-state index in [1.165, 1.54) is 6.33 Å². The smallest absolute Gasteiger partial charge is 0.243 e. The third-order valence-corrected chi connectivity index (χ3v) is 3.72. The number of benzene rings is 2. The van der Waals surface area contributed by atoms with E-state index in [9.17, 15) is 4.79 Å². The van der Waals surface area contributed by atoms with Crippen molar-refractivity contribution in [3.8, 4) is 5.69 Å². The van der Waals surface area contributed by atoms with Gasteiger partial charge in [-0.15, -0.1) is 5.10 Å². The Kier molecular flexibility index (Phi) is 4.72. The van der Waals surface area contributed by atoms with Gasteiger partial charge in [0.25, 0.3) is 0 Å². The van der Waals surface area contributed by atoms with Gasteiger partial charge in [-0.05, 0) is 53.2 Å². The zero-order valence-corrected chi connectivity index (χ0v) is 13.7. The van der Waals surface area contributed by atoms with Crippen LogP contribution in [-0.2, 0) is 4.79 Å². The van der Waals surface area contributed by atoms with Crippen molar-refractivity contribution in [2.24, 2.45) is 0 Å². The van der Waals surface area contributed by atoms with Gasteiger partial charge in [0.2, 0.25) is 5.91 Å². The number of rotatable bonds is 5. The van der Waals surface area contributed by atoms with Crippen LogP contribution in [0.3, 0.4) is 0 Å². The number of aryl methyl sites for hydroxylation is 1. The Hall–Kier alpha value is -2.93. The number of tetrazole rings is 1.